The number of hydrogen-bond acceptors (Lipinski definition) is 5. The third kappa shape index (κ3) is 7.35. The summed E-state index contributed by atoms with van der Waals surface area (Å²) < 4.78 is 18.0. The molecule has 0 fully saturated rings. The molecule has 7 heteroatoms. The number of halogens is 1. The molecule has 0 aliphatic heterocycles. The van der Waals surface area contributed by atoms with E-state index < -0.39 is 0 Å². The molecule has 3 aromatic rings. The Kier molecular flexibility index (Phi) is 9.10. The fourth-order valence-corrected chi connectivity index (χ4v) is 3.71. The first-order valence-electron chi connectivity index (χ1n) is 11.0. The van der Waals surface area contributed by atoms with Crippen molar-refractivity contribution in [2.75, 3.05) is 13.7 Å². The lowest BCUT2D eigenvalue weighted by Gasteiger charge is -2.14. The summed E-state index contributed by atoms with van der Waals surface area (Å²) >= 11 is 3.47. The van der Waals surface area contributed by atoms with Crippen molar-refractivity contribution in [3.8, 4) is 17.2 Å². The van der Waals surface area contributed by atoms with Gasteiger partial charge < -0.3 is 14.2 Å². The van der Waals surface area contributed by atoms with E-state index in [2.05, 4.69) is 40.3 Å². The Morgan fingerprint density at radius 1 is 1.06 bits per heavy atom. The molecule has 1 amide bonds. The number of amides is 1. The van der Waals surface area contributed by atoms with Gasteiger partial charge in [-0.3, -0.25) is 4.79 Å². The minimum atomic E-state index is -0.355. The van der Waals surface area contributed by atoms with Crippen molar-refractivity contribution in [3.63, 3.8) is 0 Å². The predicted molar refractivity (Wildman–Crippen MR) is 138 cm³/mol. The average Bonchev–Trinajstić information content (AvgIpc) is 2.81. The van der Waals surface area contributed by atoms with Crippen molar-refractivity contribution < 1.29 is 19.0 Å². The first-order chi connectivity index (χ1) is 16.4. The fourth-order valence-electron chi connectivity index (χ4n) is 3.27. The number of ether oxygens (including phenoxy) is 3. The van der Waals surface area contributed by atoms with Gasteiger partial charge in [0.1, 0.15) is 23.9 Å². The summed E-state index contributed by atoms with van der Waals surface area (Å²) in [6.45, 7) is 6.43. The number of benzene rings is 3. The van der Waals surface area contributed by atoms with E-state index in [-0.39, 0.29) is 12.5 Å². The van der Waals surface area contributed by atoms with Crippen LogP contribution in [0.5, 0.6) is 17.2 Å². The van der Waals surface area contributed by atoms with Crippen LogP contribution in [0.25, 0.3) is 0 Å². The number of nitrogens with zero attached hydrogens (tertiary/aromatic N) is 1. The summed E-state index contributed by atoms with van der Waals surface area (Å²) in [4.78, 5) is 12.3. The lowest BCUT2D eigenvalue weighted by atomic mass is 10.0. The molecule has 0 aromatic heterocycles. The van der Waals surface area contributed by atoms with Crippen LogP contribution in [0, 0.1) is 6.92 Å². The zero-order valence-corrected chi connectivity index (χ0v) is 21.4. The molecule has 0 radical (unpaired) electrons. The summed E-state index contributed by atoms with van der Waals surface area (Å²) in [5.74, 6) is 1.93. The minimum Gasteiger partial charge on any atom is -0.497 e. The molecule has 0 unspecified atom stereocenters. The monoisotopic (exact) mass is 524 g/mol. The Morgan fingerprint density at radius 2 is 1.88 bits per heavy atom. The van der Waals surface area contributed by atoms with Gasteiger partial charge in [0.15, 0.2) is 6.61 Å². The number of carbonyl (C=O) groups excluding carboxylic acids is 1. The molecule has 0 saturated carbocycles. The highest BCUT2D eigenvalue weighted by Crippen LogP contribution is 2.27. The van der Waals surface area contributed by atoms with Gasteiger partial charge in [0, 0.05) is 10.0 Å². The summed E-state index contributed by atoms with van der Waals surface area (Å²) in [5, 5.41) is 4.09. The van der Waals surface area contributed by atoms with E-state index in [1.165, 1.54) is 6.21 Å². The molecular formula is C27H29BrN2O4. The number of aryl methyl sites for hydroxylation is 1. The number of methoxy groups -OCH3 is 1. The van der Waals surface area contributed by atoms with Gasteiger partial charge in [0.05, 0.1) is 13.3 Å². The van der Waals surface area contributed by atoms with Crippen LogP contribution in [0.2, 0.25) is 0 Å². The summed E-state index contributed by atoms with van der Waals surface area (Å²) in [6.07, 6.45) is 1.53. The van der Waals surface area contributed by atoms with Gasteiger partial charge in [-0.05, 0) is 65.9 Å². The molecule has 0 saturated heterocycles. The van der Waals surface area contributed by atoms with Gasteiger partial charge in [-0.25, -0.2) is 5.43 Å². The van der Waals surface area contributed by atoms with Gasteiger partial charge in [0.25, 0.3) is 5.91 Å². The normalized spacial score (nSPS) is 11.0. The average molecular weight is 525 g/mol. The lowest BCUT2D eigenvalue weighted by molar-refractivity contribution is -0.123. The Labute approximate surface area is 209 Å². The maximum atomic E-state index is 12.3. The lowest BCUT2D eigenvalue weighted by Crippen LogP contribution is -2.25. The van der Waals surface area contributed by atoms with Crippen molar-refractivity contribution in [1.82, 2.24) is 5.43 Å². The molecule has 0 bridgehead atoms. The van der Waals surface area contributed by atoms with E-state index >= 15 is 0 Å². The molecule has 6 nitrogen and oxygen atoms in total. The maximum Gasteiger partial charge on any atom is 0.277 e. The molecule has 0 atom stereocenters. The summed E-state index contributed by atoms with van der Waals surface area (Å²) in [6, 6.07) is 19.3. The van der Waals surface area contributed by atoms with Crippen LogP contribution in [0.1, 0.15) is 42.0 Å². The van der Waals surface area contributed by atoms with E-state index in [4.69, 9.17) is 14.2 Å². The third-order valence-corrected chi connectivity index (χ3v) is 5.54. The largest absolute Gasteiger partial charge is 0.497 e. The molecule has 3 aromatic carbocycles. The van der Waals surface area contributed by atoms with Gasteiger partial charge in [-0.15, -0.1) is 0 Å². The molecule has 34 heavy (non-hydrogen) atoms. The quantitative estimate of drug-likeness (QED) is 0.261. The number of nitrogens with one attached hydrogen (secondary N) is 1. The standard InChI is InChI=1S/C27H29BrN2O4/c1-18(2)24-10-8-19(3)12-26(24)34-17-27(31)30-29-15-21-14-23(32-4)9-11-25(21)33-16-20-6-5-7-22(28)13-20/h5-15,18H,16-17H2,1-4H3,(H,30,31)/b29-15+. The number of hydrogen-bond donors (Lipinski definition) is 1. The Hall–Kier alpha value is -3.32. The second kappa shape index (κ2) is 12.2. The molecule has 3 rings (SSSR count). The van der Waals surface area contributed by atoms with E-state index in [1.54, 1.807) is 13.2 Å². The topological polar surface area (TPSA) is 69.2 Å². The van der Waals surface area contributed by atoms with Crippen molar-refractivity contribution in [1.29, 1.82) is 0 Å². The molecule has 0 aliphatic rings. The number of hydrazone groups is 1. The Morgan fingerprint density at radius 3 is 2.62 bits per heavy atom. The SMILES string of the molecule is COc1ccc(OCc2cccc(Br)c2)c(/C=N/NC(=O)COc2cc(C)ccc2C(C)C)c1. The first-order valence-corrected chi connectivity index (χ1v) is 11.8. The van der Waals surface area contributed by atoms with E-state index in [9.17, 15) is 4.79 Å². The molecule has 0 aliphatic carbocycles. The molecular weight excluding hydrogens is 496 g/mol. The number of rotatable bonds is 10. The van der Waals surface area contributed by atoms with Gasteiger partial charge >= 0.3 is 0 Å². The third-order valence-electron chi connectivity index (χ3n) is 5.04. The highest BCUT2D eigenvalue weighted by molar-refractivity contribution is 9.10. The van der Waals surface area contributed by atoms with Gasteiger partial charge in [0.2, 0.25) is 0 Å². The minimum absolute atomic E-state index is 0.134. The molecule has 0 heterocycles. The zero-order valence-electron chi connectivity index (χ0n) is 19.8. The molecule has 0 spiro atoms. The summed E-state index contributed by atoms with van der Waals surface area (Å²) in [5.41, 5.74) is 6.35. The molecule has 1 N–H and O–H groups in total. The van der Waals surface area contributed by atoms with Crippen LogP contribution in [0.3, 0.4) is 0 Å². The van der Waals surface area contributed by atoms with Crippen LogP contribution >= 0.6 is 15.9 Å². The van der Waals surface area contributed by atoms with Gasteiger partial charge in [-0.1, -0.05) is 54.0 Å². The van der Waals surface area contributed by atoms with Crippen molar-refractivity contribution in [3.05, 3.63) is 87.4 Å². The van der Waals surface area contributed by atoms with Crippen LogP contribution in [0.15, 0.2) is 70.2 Å². The second-order valence-electron chi connectivity index (χ2n) is 8.10. The van der Waals surface area contributed by atoms with Crippen LogP contribution in [-0.2, 0) is 11.4 Å². The van der Waals surface area contributed by atoms with E-state index in [1.807, 2.05) is 61.5 Å². The maximum absolute atomic E-state index is 12.3. The Balaban J connectivity index is 1.63. The van der Waals surface area contributed by atoms with Crippen molar-refractivity contribution in [2.45, 2.75) is 33.3 Å². The van der Waals surface area contributed by atoms with E-state index in [0.29, 0.717) is 35.3 Å². The van der Waals surface area contributed by atoms with Crippen LogP contribution < -0.4 is 19.6 Å². The zero-order chi connectivity index (χ0) is 24.5. The summed E-state index contributed by atoms with van der Waals surface area (Å²) in [7, 11) is 1.59. The first kappa shape index (κ1) is 25.3. The number of carbonyl (C=O) groups is 1. The van der Waals surface area contributed by atoms with Crippen molar-refractivity contribution in [2.24, 2.45) is 5.10 Å². The van der Waals surface area contributed by atoms with Gasteiger partial charge in [-0.2, -0.15) is 5.10 Å². The van der Waals surface area contributed by atoms with E-state index in [0.717, 1.165) is 21.2 Å². The Bertz CT molecular complexity index is 1160. The second-order valence-corrected chi connectivity index (χ2v) is 9.02. The highest BCUT2D eigenvalue weighted by atomic mass is 79.9. The fraction of sp³-hybridized carbons (Fsp3) is 0.259. The molecule has 178 valence electrons. The van der Waals surface area contributed by atoms with Crippen LogP contribution in [-0.4, -0.2) is 25.8 Å². The van der Waals surface area contributed by atoms with Crippen LogP contribution in [0.4, 0.5) is 0 Å². The highest BCUT2D eigenvalue weighted by Gasteiger charge is 2.10. The smallest absolute Gasteiger partial charge is 0.277 e. The van der Waals surface area contributed by atoms with Crippen molar-refractivity contribution >= 4 is 28.1 Å². The predicted octanol–water partition coefficient (Wildman–Crippen LogP) is 6.00.